The molecule has 0 unspecified atom stereocenters. The van der Waals surface area contributed by atoms with Gasteiger partial charge in [0.1, 0.15) is 0 Å². The van der Waals surface area contributed by atoms with E-state index in [0.29, 0.717) is 5.56 Å². The van der Waals surface area contributed by atoms with Gasteiger partial charge < -0.3 is 5.48 Å². The van der Waals surface area contributed by atoms with E-state index in [1.54, 1.807) is 24.3 Å². The van der Waals surface area contributed by atoms with Crippen molar-refractivity contribution in [3.05, 3.63) is 35.9 Å². The van der Waals surface area contributed by atoms with E-state index in [1.165, 1.54) is 0 Å². The summed E-state index contributed by atoms with van der Waals surface area (Å²) in [6, 6.07) is 8.82. The highest BCUT2D eigenvalue weighted by atomic mass is 35.7. The Labute approximate surface area is 75.7 Å². The van der Waals surface area contributed by atoms with Crippen LogP contribution in [0.1, 0.15) is 5.56 Å². The zero-order valence-electron chi connectivity index (χ0n) is 6.20. The summed E-state index contributed by atoms with van der Waals surface area (Å²) < 4.78 is 21.1. The van der Waals surface area contributed by atoms with E-state index >= 15 is 0 Å². The van der Waals surface area contributed by atoms with E-state index in [0.717, 1.165) is 0 Å². The molecule has 0 saturated carbocycles. The molecular weight excluding hydrogens is 200 g/mol. The Balaban J connectivity index is 0.00000121. The third kappa shape index (κ3) is 4.33. The molecule has 1 aromatic carbocycles. The molecule has 0 aliphatic heterocycles. The fraction of sp³-hybridized carbons (Fsp3) is 0.143. The lowest BCUT2D eigenvalue weighted by Crippen LogP contribution is -1.93. The summed E-state index contributed by atoms with van der Waals surface area (Å²) in [5.74, 6) is -0.102. The summed E-state index contributed by atoms with van der Waals surface area (Å²) in [5.41, 5.74) is 0.711. The van der Waals surface area contributed by atoms with Gasteiger partial charge in [-0.1, -0.05) is 30.3 Å². The molecule has 0 aliphatic carbocycles. The molecule has 12 heavy (non-hydrogen) atoms. The maximum absolute atomic E-state index is 10.6. The van der Waals surface area contributed by atoms with Crippen molar-refractivity contribution in [3.63, 3.8) is 0 Å². The first-order chi connectivity index (χ1) is 5.08. The summed E-state index contributed by atoms with van der Waals surface area (Å²) in [5, 5.41) is 0. The molecule has 68 valence electrons. The monoisotopic (exact) mass is 208 g/mol. The number of halogens is 1. The van der Waals surface area contributed by atoms with Crippen LogP contribution in [0.2, 0.25) is 0 Å². The van der Waals surface area contributed by atoms with E-state index in [1.807, 2.05) is 6.07 Å². The fourth-order valence-electron chi connectivity index (χ4n) is 0.773. The molecule has 0 saturated heterocycles. The van der Waals surface area contributed by atoms with Crippen molar-refractivity contribution in [2.45, 2.75) is 5.75 Å². The van der Waals surface area contributed by atoms with Gasteiger partial charge in [0, 0.05) is 10.7 Å². The van der Waals surface area contributed by atoms with E-state index in [2.05, 4.69) is 0 Å². The highest BCUT2D eigenvalue weighted by Crippen LogP contribution is 2.08. The summed E-state index contributed by atoms with van der Waals surface area (Å²) in [4.78, 5) is 0. The van der Waals surface area contributed by atoms with Gasteiger partial charge in [-0.25, -0.2) is 8.42 Å². The standard InChI is InChI=1S/C7H7ClO2S.H2O/c8-11(9,10)6-7-4-2-1-3-5-7;/h1-5H,6H2;1H2. The maximum atomic E-state index is 10.6. The van der Waals surface area contributed by atoms with Crippen LogP contribution >= 0.6 is 10.7 Å². The predicted octanol–water partition coefficient (Wildman–Crippen LogP) is 0.931. The smallest absolute Gasteiger partial charge is 0.236 e. The van der Waals surface area contributed by atoms with Gasteiger partial charge in [-0.2, -0.15) is 0 Å². The Kier molecular flexibility index (Phi) is 4.23. The quantitative estimate of drug-likeness (QED) is 0.679. The lowest BCUT2D eigenvalue weighted by atomic mass is 10.2. The van der Waals surface area contributed by atoms with Crippen LogP contribution in [0.25, 0.3) is 0 Å². The normalized spacial score (nSPS) is 10.4. The second-order valence-corrected chi connectivity index (χ2v) is 4.95. The summed E-state index contributed by atoms with van der Waals surface area (Å²) in [7, 11) is 1.63. The predicted molar refractivity (Wildman–Crippen MR) is 48.5 cm³/mol. The Morgan fingerprint density at radius 2 is 1.67 bits per heavy atom. The highest BCUT2D eigenvalue weighted by Gasteiger charge is 2.04. The molecule has 1 rings (SSSR count). The molecule has 0 atom stereocenters. The van der Waals surface area contributed by atoms with Gasteiger partial charge in [-0.3, -0.25) is 0 Å². The molecule has 0 aliphatic rings. The maximum Gasteiger partial charge on any atom is 0.236 e. The second-order valence-electron chi connectivity index (χ2n) is 2.17. The van der Waals surface area contributed by atoms with Crippen LogP contribution < -0.4 is 0 Å². The average molecular weight is 209 g/mol. The fourth-order valence-corrected chi connectivity index (χ4v) is 1.74. The Morgan fingerprint density at radius 1 is 1.17 bits per heavy atom. The van der Waals surface area contributed by atoms with Crippen molar-refractivity contribution in [1.82, 2.24) is 0 Å². The van der Waals surface area contributed by atoms with Gasteiger partial charge >= 0.3 is 0 Å². The third-order valence-electron chi connectivity index (χ3n) is 1.18. The molecular formula is C7H9ClO3S. The number of hydrogen-bond donors (Lipinski definition) is 0. The Bertz CT molecular complexity index is 320. The van der Waals surface area contributed by atoms with Gasteiger partial charge in [-0.05, 0) is 5.56 Å². The minimum Gasteiger partial charge on any atom is -0.412 e. The van der Waals surface area contributed by atoms with E-state index in [-0.39, 0.29) is 11.2 Å². The van der Waals surface area contributed by atoms with Crippen LogP contribution in [0.15, 0.2) is 30.3 Å². The average Bonchev–Trinajstić information content (AvgIpc) is 1.85. The molecule has 1 aromatic rings. The lowest BCUT2D eigenvalue weighted by Gasteiger charge is -1.94. The summed E-state index contributed by atoms with van der Waals surface area (Å²) in [6.45, 7) is 0. The topological polar surface area (TPSA) is 65.6 Å². The molecule has 0 aromatic heterocycles. The molecule has 3 nitrogen and oxygen atoms in total. The van der Waals surface area contributed by atoms with Crippen LogP contribution in [0, 0.1) is 0 Å². The molecule has 0 amide bonds. The van der Waals surface area contributed by atoms with Crippen molar-refractivity contribution < 1.29 is 13.9 Å². The van der Waals surface area contributed by atoms with Gasteiger partial charge in [0.15, 0.2) is 0 Å². The number of hydrogen-bond acceptors (Lipinski definition) is 2. The zero-order chi connectivity index (χ0) is 8.32. The molecule has 0 heterocycles. The molecule has 5 heteroatoms. The van der Waals surface area contributed by atoms with Gasteiger partial charge in [0.05, 0.1) is 5.75 Å². The van der Waals surface area contributed by atoms with E-state index in [9.17, 15) is 8.42 Å². The summed E-state index contributed by atoms with van der Waals surface area (Å²) >= 11 is 0. The second kappa shape index (κ2) is 4.45. The van der Waals surface area contributed by atoms with Crippen molar-refractivity contribution in [2.24, 2.45) is 0 Å². The first-order valence-corrected chi connectivity index (χ1v) is 5.52. The largest absolute Gasteiger partial charge is 0.412 e. The molecule has 0 radical (unpaired) electrons. The van der Waals surface area contributed by atoms with Crippen molar-refractivity contribution in [3.8, 4) is 0 Å². The van der Waals surface area contributed by atoms with E-state index < -0.39 is 9.05 Å². The first kappa shape index (κ1) is 11.4. The molecule has 0 fully saturated rings. The van der Waals surface area contributed by atoms with E-state index in [4.69, 9.17) is 10.7 Å². The van der Waals surface area contributed by atoms with Crippen molar-refractivity contribution >= 4 is 19.7 Å². The van der Waals surface area contributed by atoms with Crippen LogP contribution in [-0.2, 0) is 14.8 Å². The van der Waals surface area contributed by atoms with Crippen LogP contribution in [0.4, 0.5) is 0 Å². The molecule has 2 N–H and O–H groups in total. The molecule has 0 bridgehead atoms. The van der Waals surface area contributed by atoms with Gasteiger partial charge in [0.2, 0.25) is 9.05 Å². The number of rotatable bonds is 2. The minimum atomic E-state index is -3.40. The van der Waals surface area contributed by atoms with Gasteiger partial charge in [0.25, 0.3) is 0 Å². The minimum absolute atomic E-state index is 0. The summed E-state index contributed by atoms with van der Waals surface area (Å²) in [6.07, 6.45) is 0. The number of benzene rings is 1. The van der Waals surface area contributed by atoms with Crippen LogP contribution in [0.5, 0.6) is 0 Å². The Morgan fingerprint density at radius 3 is 2.08 bits per heavy atom. The highest BCUT2D eigenvalue weighted by molar-refractivity contribution is 8.13. The molecule has 0 spiro atoms. The zero-order valence-corrected chi connectivity index (χ0v) is 7.77. The Hall–Kier alpha value is -0.580. The third-order valence-corrected chi connectivity index (χ3v) is 2.19. The van der Waals surface area contributed by atoms with Crippen LogP contribution in [0.3, 0.4) is 0 Å². The first-order valence-electron chi connectivity index (χ1n) is 3.04. The lowest BCUT2D eigenvalue weighted by molar-refractivity contribution is 0.609. The van der Waals surface area contributed by atoms with Crippen LogP contribution in [-0.4, -0.2) is 13.9 Å². The van der Waals surface area contributed by atoms with Crippen molar-refractivity contribution in [2.75, 3.05) is 0 Å². The van der Waals surface area contributed by atoms with Crippen molar-refractivity contribution in [1.29, 1.82) is 0 Å². The van der Waals surface area contributed by atoms with Gasteiger partial charge in [-0.15, -0.1) is 0 Å². The SMILES string of the molecule is O.O=S(=O)(Cl)Cc1ccccc1.